The summed E-state index contributed by atoms with van der Waals surface area (Å²) in [6.07, 6.45) is -4.40. The number of rotatable bonds is 5. The second-order valence-corrected chi connectivity index (χ2v) is 3.69. The Morgan fingerprint density at radius 2 is 1.68 bits per heavy atom. The highest BCUT2D eigenvalue weighted by Gasteiger charge is 2.27. The van der Waals surface area contributed by atoms with Crippen molar-refractivity contribution in [3.63, 3.8) is 0 Å². The van der Waals surface area contributed by atoms with Gasteiger partial charge in [-0.15, -0.1) is 0 Å². The van der Waals surface area contributed by atoms with E-state index in [1.807, 2.05) is 0 Å². The highest BCUT2D eigenvalue weighted by molar-refractivity contribution is 5.91. The van der Waals surface area contributed by atoms with Gasteiger partial charge in [-0.05, 0) is 18.2 Å². The summed E-state index contributed by atoms with van der Waals surface area (Å²) in [5, 5.41) is 0. The lowest BCUT2D eigenvalue weighted by Gasteiger charge is -2.08. The largest absolute Gasteiger partial charge is 0.460 e. The number of hydrogen-bond donors (Lipinski definition) is 2. The predicted molar refractivity (Wildman–Crippen MR) is 62.4 cm³/mol. The van der Waals surface area contributed by atoms with Gasteiger partial charge in [-0.25, -0.2) is 4.79 Å². The molecule has 1 aromatic carbocycles. The SMILES string of the molecule is Nc1cc(N)cc(C(=O)OCCOCC(F)(F)F)c1. The van der Waals surface area contributed by atoms with E-state index in [9.17, 15) is 18.0 Å². The number of halogens is 3. The zero-order valence-corrected chi connectivity index (χ0v) is 9.87. The van der Waals surface area contributed by atoms with Gasteiger partial charge < -0.3 is 20.9 Å². The molecule has 0 bridgehead atoms. The molecule has 0 aliphatic carbocycles. The van der Waals surface area contributed by atoms with Crippen LogP contribution in [0.15, 0.2) is 18.2 Å². The fourth-order valence-corrected chi connectivity index (χ4v) is 1.26. The summed E-state index contributed by atoms with van der Waals surface area (Å²) >= 11 is 0. The van der Waals surface area contributed by atoms with Crippen LogP contribution in [0.5, 0.6) is 0 Å². The molecule has 0 heterocycles. The first-order valence-electron chi connectivity index (χ1n) is 5.25. The van der Waals surface area contributed by atoms with Crippen LogP contribution in [0.1, 0.15) is 10.4 Å². The molecule has 5 nitrogen and oxygen atoms in total. The van der Waals surface area contributed by atoms with Gasteiger partial charge >= 0.3 is 12.1 Å². The Labute approximate surface area is 107 Å². The number of anilines is 2. The monoisotopic (exact) mass is 278 g/mol. The van der Waals surface area contributed by atoms with Crippen LogP contribution >= 0.6 is 0 Å². The molecule has 0 spiro atoms. The number of benzene rings is 1. The van der Waals surface area contributed by atoms with Crippen molar-refractivity contribution in [3.8, 4) is 0 Å². The van der Waals surface area contributed by atoms with Crippen molar-refractivity contribution in [1.29, 1.82) is 0 Å². The van der Waals surface area contributed by atoms with Crippen LogP contribution in [0.4, 0.5) is 24.5 Å². The zero-order chi connectivity index (χ0) is 14.5. The molecular formula is C11H13F3N2O3. The molecule has 0 saturated carbocycles. The van der Waals surface area contributed by atoms with E-state index in [1.165, 1.54) is 18.2 Å². The van der Waals surface area contributed by atoms with Crippen molar-refractivity contribution < 1.29 is 27.4 Å². The summed E-state index contributed by atoms with van der Waals surface area (Å²) in [5.74, 6) is -0.727. The summed E-state index contributed by atoms with van der Waals surface area (Å²) in [4.78, 5) is 11.5. The minimum atomic E-state index is -4.40. The molecule has 0 aromatic heterocycles. The molecule has 19 heavy (non-hydrogen) atoms. The smallest absolute Gasteiger partial charge is 0.411 e. The Kier molecular flexibility index (Phi) is 4.99. The normalized spacial score (nSPS) is 11.3. The molecule has 0 aliphatic heterocycles. The van der Waals surface area contributed by atoms with E-state index >= 15 is 0 Å². The fourth-order valence-electron chi connectivity index (χ4n) is 1.26. The Balaban J connectivity index is 2.35. The highest BCUT2D eigenvalue weighted by atomic mass is 19.4. The summed E-state index contributed by atoms with van der Waals surface area (Å²) in [5.41, 5.74) is 11.7. The van der Waals surface area contributed by atoms with Crippen LogP contribution in [0.25, 0.3) is 0 Å². The molecule has 0 radical (unpaired) electrons. The third-order valence-corrected chi connectivity index (χ3v) is 1.94. The van der Waals surface area contributed by atoms with E-state index in [0.29, 0.717) is 11.4 Å². The standard InChI is InChI=1S/C11H13F3N2O3/c12-11(13,14)6-18-1-2-19-10(17)7-3-8(15)5-9(16)4-7/h3-5H,1-2,6,15-16H2. The Morgan fingerprint density at radius 1 is 1.11 bits per heavy atom. The second kappa shape index (κ2) is 6.28. The van der Waals surface area contributed by atoms with Gasteiger partial charge in [-0.3, -0.25) is 0 Å². The fraction of sp³-hybridized carbons (Fsp3) is 0.364. The predicted octanol–water partition coefficient (Wildman–Crippen LogP) is 1.59. The van der Waals surface area contributed by atoms with E-state index in [4.69, 9.17) is 16.2 Å². The number of nitrogens with two attached hydrogens (primary N) is 2. The number of esters is 1. The van der Waals surface area contributed by atoms with Crippen LogP contribution in [-0.2, 0) is 9.47 Å². The average molecular weight is 278 g/mol. The number of alkyl halides is 3. The molecule has 106 valence electrons. The second-order valence-electron chi connectivity index (χ2n) is 3.69. The summed E-state index contributed by atoms with van der Waals surface area (Å²) in [7, 11) is 0. The minimum Gasteiger partial charge on any atom is -0.460 e. The maximum absolute atomic E-state index is 11.7. The Bertz CT molecular complexity index is 429. The molecule has 1 aromatic rings. The van der Waals surface area contributed by atoms with Crippen molar-refractivity contribution in [1.82, 2.24) is 0 Å². The molecule has 0 fully saturated rings. The van der Waals surface area contributed by atoms with Crippen LogP contribution in [0.3, 0.4) is 0 Å². The van der Waals surface area contributed by atoms with Gasteiger partial charge in [0.05, 0.1) is 12.2 Å². The zero-order valence-electron chi connectivity index (χ0n) is 9.87. The Hall–Kier alpha value is -1.96. The number of carbonyl (C=O) groups excluding carboxylic acids is 1. The quantitative estimate of drug-likeness (QED) is 0.485. The number of ether oxygens (including phenoxy) is 2. The van der Waals surface area contributed by atoms with Crippen molar-refractivity contribution in [2.75, 3.05) is 31.3 Å². The molecule has 4 N–H and O–H groups in total. The first kappa shape index (κ1) is 15.1. The molecule has 0 atom stereocenters. The van der Waals surface area contributed by atoms with Crippen LogP contribution in [-0.4, -0.2) is 32.0 Å². The van der Waals surface area contributed by atoms with Crippen molar-refractivity contribution in [2.24, 2.45) is 0 Å². The lowest BCUT2D eigenvalue weighted by atomic mass is 10.2. The number of nitrogen functional groups attached to an aromatic ring is 2. The van der Waals surface area contributed by atoms with Crippen LogP contribution in [0, 0.1) is 0 Å². The van der Waals surface area contributed by atoms with Gasteiger partial charge in [-0.1, -0.05) is 0 Å². The van der Waals surface area contributed by atoms with E-state index in [0.717, 1.165) is 0 Å². The van der Waals surface area contributed by atoms with Gasteiger partial charge in [-0.2, -0.15) is 13.2 Å². The molecule has 0 unspecified atom stereocenters. The van der Waals surface area contributed by atoms with E-state index in [1.54, 1.807) is 0 Å². The summed E-state index contributed by atoms with van der Waals surface area (Å²) in [6, 6.07) is 4.17. The van der Waals surface area contributed by atoms with Crippen LogP contribution in [0.2, 0.25) is 0 Å². The van der Waals surface area contributed by atoms with Crippen molar-refractivity contribution in [2.45, 2.75) is 6.18 Å². The topological polar surface area (TPSA) is 87.6 Å². The maximum Gasteiger partial charge on any atom is 0.411 e. The van der Waals surface area contributed by atoms with E-state index in [-0.39, 0.29) is 18.8 Å². The van der Waals surface area contributed by atoms with Crippen molar-refractivity contribution in [3.05, 3.63) is 23.8 Å². The van der Waals surface area contributed by atoms with Crippen molar-refractivity contribution >= 4 is 17.3 Å². The van der Waals surface area contributed by atoms with Gasteiger partial charge in [0.2, 0.25) is 0 Å². The van der Waals surface area contributed by atoms with Gasteiger partial charge in [0.15, 0.2) is 0 Å². The summed E-state index contributed by atoms with van der Waals surface area (Å²) < 4.78 is 44.2. The first-order chi connectivity index (χ1) is 8.78. The maximum atomic E-state index is 11.7. The molecular weight excluding hydrogens is 265 g/mol. The molecule has 0 saturated heterocycles. The van der Waals surface area contributed by atoms with E-state index < -0.39 is 18.8 Å². The molecule has 0 amide bonds. The summed E-state index contributed by atoms with van der Waals surface area (Å²) in [6.45, 7) is -2.01. The average Bonchev–Trinajstić information content (AvgIpc) is 2.25. The van der Waals surface area contributed by atoms with Gasteiger partial charge in [0.25, 0.3) is 0 Å². The van der Waals surface area contributed by atoms with Gasteiger partial charge in [0.1, 0.15) is 13.2 Å². The lowest BCUT2D eigenvalue weighted by Crippen LogP contribution is -2.19. The van der Waals surface area contributed by atoms with Crippen LogP contribution < -0.4 is 11.5 Å². The molecule has 0 aliphatic rings. The lowest BCUT2D eigenvalue weighted by molar-refractivity contribution is -0.175. The first-order valence-corrected chi connectivity index (χ1v) is 5.25. The van der Waals surface area contributed by atoms with Gasteiger partial charge in [0, 0.05) is 11.4 Å². The highest BCUT2D eigenvalue weighted by Crippen LogP contribution is 2.15. The third kappa shape index (κ3) is 5.96. The number of hydrogen-bond acceptors (Lipinski definition) is 5. The minimum absolute atomic E-state index is 0.133. The third-order valence-electron chi connectivity index (χ3n) is 1.94. The molecule has 8 heteroatoms. The molecule has 1 rings (SSSR count). The number of carbonyl (C=O) groups is 1. The Morgan fingerprint density at radius 3 is 2.21 bits per heavy atom. The van der Waals surface area contributed by atoms with E-state index in [2.05, 4.69) is 4.74 Å².